The molecule has 154 valence electrons. The van der Waals surface area contributed by atoms with Gasteiger partial charge in [-0.3, -0.25) is 9.69 Å². The van der Waals surface area contributed by atoms with E-state index < -0.39 is 0 Å². The minimum atomic E-state index is -0.282. The van der Waals surface area contributed by atoms with Crippen molar-refractivity contribution in [3.05, 3.63) is 52.8 Å². The minimum Gasteiger partial charge on any atom is -0.448 e. The van der Waals surface area contributed by atoms with Crippen molar-refractivity contribution in [2.75, 3.05) is 31.6 Å². The molecule has 0 spiro atoms. The second-order valence-corrected chi connectivity index (χ2v) is 8.84. The molecule has 0 radical (unpaired) electrons. The fourth-order valence-corrected chi connectivity index (χ4v) is 4.93. The maximum atomic E-state index is 12.6. The van der Waals surface area contributed by atoms with Crippen molar-refractivity contribution in [2.24, 2.45) is 11.8 Å². The maximum absolute atomic E-state index is 12.6. The van der Waals surface area contributed by atoms with E-state index in [0.717, 1.165) is 40.8 Å². The van der Waals surface area contributed by atoms with Crippen LogP contribution < -0.4 is 5.32 Å². The number of nitrogens with zero attached hydrogens (tertiary/aromatic N) is 2. The van der Waals surface area contributed by atoms with Gasteiger partial charge in [0.15, 0.2) is 0 Å². The third-order valence-corrected chi connectivity index (χ3v) is 6.61. The molecule has 1 aliphatic carbocycles. The van der Waals surface area contributed by atoms with Crippen LogP contribution >= 0.6 is 0 Å². The molecule has 2 aromatic rings. The van der Waals surface area contributed by atoms with Gasteiger partial charge in [-0.15, -0.1) is 0 Å². The van der Waals surface area contributed by atoms with Crippen LogP contribution in [0.25, 0.3) is 11.6 Å². The van der Waals surface area contributed by atoms with Crippen LogP contribution in [0.3, 0.4) is 0 Å². The van der Waals surface area contributed by atoms with Gasteiger partial charge in [-0.2, -0.15) is 0 Å². The summed E-state index contributed by atoms with van der Waals surface area (Å²) in [5.41, 5.74) is 5.52. The number of piperidine rings is 1. The molecule has 4 aliphatic rings. The summed E-state index contributed by atoms with van der Waals surface area (Å²) in [6.45, 7) is 4.88. The van der Waals surface area contributed by atoms with Crippen molar-refractivity contribution in [1.29, 1.82) is 0 Å². The number of nitrogens with one attached hydrogen (secondary N) is 2. The number of aromatic nitrogens is 1. The van der Waals surface area contributed by atoms with Crippen molar-refractivity contribution in [3.63, 3.8) is 0 Å². The molecule has 6 rings (SSSR count). The van der Waals surface area contributed by atoms with Crippen LogP contribution in [0, 0.1) is 11.8 Å². The van der Waals surface area contributed by atoms with Crippen molar-refractivity contribution in [3.8, 4) is 0 Å². The number of fused-ring (bicyclic) bond motifs is 2. The second-order valence-electron chi connectivity index (χ2n) is 8.84. The highest BCUT2D eigenvalue weighted by atomic mass is 16.6. The highest BCUT2D eigenvalue weighted by molar-refractivity contribution is 6.34. The molecule has 3 aliphatic heterocycles. The molecule has 4 heterocycles. The molecule has 7 nitrogen and oxygen atoms in total. The number of ether oxygens (including phenoxy) is 1. The molecule has 2 saturated heterocycles. The topological polar surface area (TPSA) is 77.7 Å². The lowest BCUT2D eigenvalue weighted by atomic mass is 10.0. The number of hydrogen-bond donors (Lipinski definition) is 2. The van der Waals surface area contributed by atoms with Crippen LogP contribution in [-0.4, -0.2) is 53.0 Å². The van der Waals surface area contributed by atoms with Gasteiger partial charge in [-0.1, -0.05) is 6.07 Å². The molecule has 1 saturated carbocycles. The maximum Gasteiger partial charge on any atom is 0.410 e. The summed E-state index contributed by atoms with van der Waals surface area (Å²) in [5.74, 6) is 1.76. The van der Waals surface area contributed by atoms with E-state index in [1.54, 1.807) is 4.90 Å². The van der Waals surface area contributed by atoms with E-state index >= 15 is 0 Å². The van der Waals surface area contributed by atoms with Gasteiger partial charge >= 0.3 is 6.09 Å². The molecule has 1 aromatic carbocycles. The van der Waals surface area contributed by atoms with E-state index in [2.05, 4.69) is 21.3 Å². The molecular formula is C23H24N4O3. The summed E-state index contributed by atoms with van der Waals surface area (Å²) >= 11 is 0. The summed E-state index contributed by atoms with van der Waals surface area (Å²) < 4.78 is 5.01. The lowest BCUT2D eigenvalue weighted by molar-refractivity contribution is -0.110. The van der Waals surface area contributed by atoms with Gasteiger partial charge in [0, 0.05) is 54.9 Å². The quantitative estimate of drug-likeness (QED) is 0.752. The fourth-order valence-electron chi connectivity index (χ4n) is 4.93. The standard InChI is InChI=1S/C23H24N4O3/c28-22-20(7-15-5-18(24-9-15)13-26-11-16-8-17(16)12-26)19-6-14(1-2-21(19)25-22)10-27-3-4-30-23(27)29/h1-2,5-7,9,16-17,24H,3-4,8,10-13H2,(H,25,28)/b20-7-/t16-,17+. The molecule has 0 unspecified atom stereocenters. The Morgan fingerprint density at radius 2 is 2.00 bits per heavy atom. The highest BCUT2D eigenvalue weighted by Crippen LogP contribution is 2.45. The van der Waals surface area contributed by atoms with Crippen molar-refractivity contribution in [2.45, 2.75) is 19.5 Å². The minimum absolute atomic E-state index is 0.0925. The normalized spacial score (nSPS) is 26.1. The number of aromatic amines is 1. The van der Waals surface area contributed by atoms with Gasteiger partial charge in [-0.25, -0.2) is 4.79 Å². The van der Waals surface area contributed by atoms with Gasteiger partial charge in [0.05, 0.1) is 6.54 Å². The molecule has 30 heavy (non-hydrogen) atoms. The van der Waals surface area contributed by atoms with Crippen LogP contribution in [-0.2, 0) is 22.6 Å². The molecule has 3 fully saturated rings. The number of anilines is 1. The second kappa shape index (κ2) is 6.74. The number of carbonyl (C=O) groups excluding carboxylic acids is 2. The average molecular weight is 404 g/mol. The van der Waals surface area contributed by atoms with Crippen molar-refractivity contribution >= 4 is 29.3 Å². The number of cyclic esters (lactones) is 1. The van der Waals surface area contributed by atoms with Crippen LogP contribution in [0.15, 0.2) is 30.5 Å². The lowest BCUT2D eigenvalue weighted by Crippen LogP contribution is -2.23. The number of benzene rings is 1. The number of amides is 2. The monoisotopic (exact) mass is 404 g/mol. The highest BCUT2D eigenvalue weighted by Gasteiger charge is 2.44. The number of rotatable bonds is 5. The van der Waals surface area contributed by atoms with Gasteiger partial charge in [-0.05, 0) is 53.7 Å². The number of carbonyl (C=O) groups is 2. The van der Waals surface area contributed by atoms with Crippen LogP contribution in [0.1, 0.15) is 28.8 Å². The molecule has 2 amide bonds. The van der Waals surface area contributed by atoms with Crippen molar-refractivity contribution < 1.29 is 14.3 Å². The first-order valence-corrected chi connectivity index (χ1v) is 10.6. The summed E-state index contributed by atoms with van der Waals surface area (Å²) in [6, 6.07) is 7.98. The van der Waals surface area contributed by atoms with E-state index in [1.165, 1.54) is 25.2 Å². The SMILES string of the molecule is O=C1Nc2ccc(CN3CCOC3=O)cc2/C1=C/c1c[nH]c(CN2C[C@H]3C[C@H]3C2)c1. The van der Waals surface area contributed by atoms with Crippen molar-refractivity contribution in [1.82, 2.24) is 14.8 Å². The predicted octanol–water partition coefficient (Wildman–Crippen LogP) is 2.91. The summed E-state index contributed by atoms with van der Waals surface area (Å²) in [6.07, 6.45) is 5.04. The number of likely N-dealkylation sites (tertiary alicyclic amines) is 1. The van der Waals surface area contributed by atoms with E-state index in [1.807, 2.05) is 30.5 Å². The Kier molecular flexibility index (Phi) is 3.99. The Hall–Kier alpha value is -3.06. The lowest BCUT2D eigenvalue weighted by Gasteiger charge is -2.15. The van der Waals surface area contributed by atoms with Gasteiger partial charge in [0.25, 0.3) is 5.91 Å². The van der Waals surface area contributed by atoms with Crippen LogP contribution in [0.2, 0.25) is 0 Å². The Morgan fingerprint density at radius 3 is 2.80 bits per heavy atom. The molecule has 7 heteroatoms. The first kappa shape index (κ1) is 17.8. The van der Waals surface area contributed by atoms with E-state index in [4.69, 9.17) is 4.74 Å². The van der Waals surface area contributed by atoms with Gasteiger partial charge in [0.1, 0.15) is 6.61 Å². The predicted molar refractivity (Wildman–Crippen MR) is 112 cm³/mol. The van der Waals surface area contributed by atoms with Gasteiger partial charge in [0.2, 0.25) is 0 Å². The molecule has 1 aromatic heterocycles. The smallest absolute Gasteiger partial charge is 0.410 e. The Balaban J connectivity index is 1.21. The summed E-state index contributed by atoms with van der Waals surface area (Å²) in [7, 11) is 0. The first-order valence-electron chi connectivity index (χ1n) is 10.6. The third-order valence-electron chi connectivity index (χ3n) is 6.61. The van der Waals surface area contributed by atoms with Gasteiger partial charge < -0.3 is 19.9 Å². The molecule has 2 N–H and O–H groups in total. The fraction of sp³-hybridized carbons (Fsp3) is 0.391. The zero-order valence-corrected chi connectivity index (χ0v) is 16.7. The Morgan fingerprint density at radius 1 is 1.13 bits per heavy atom. The Bertz CT molecular complexity index is 1060. The number of H-pyrrole nitrogens is 1. The summed E-state index contributed by atoms with van der Waals surface area (Å²) in [5, 5.41) is 2.94. The zero-order chi connectivity index (χ0) is 20.2. The zero-order valence-electron chi connectivity index (χ0n) is 16.7. The number of hydrogen-bond acceptors (Lipinski definition) is 4. The molecule has 2 atom stereocenters. The first-order chi connectivity index (χ1) is 14.6. The summed E-state index contributed by atoms with van der Waals surface area (Å²) in [4.78, 5) is 31.9. The molecule has 0 bridgehead atoms. The Labute approximate surface area is 174 Å². The molecular weight excluding hydrogens is 380 g/mol. The van der Waals surface area contributed by atoms with E-state index in [-0.39, 0.29) is 12.0 Å². The van der Waals surface area contributed by atoms with Crippen LogP contribution in [0.5, 0.6) is 0 Å². The van der Waals surface area contributed by atoms with E-state index in [0.29, 0.717) is 25.3 Å². The average Bonchev–Trinajstić information content (AvgIpc) is 3.13. The van der Waals surface area contributed by atoms with Crippen LogP contribution in [0.4, 0.5) is 10.5 Å². The third kappa shape index (κ3) is 3.19. The largest absolute Gasteiger partial charge is 0.448 e. The van der Waals surface area contributed by atoms with E-state index in [9.17, 15) is 9.59 Å².